The molecule has 2 aromatic carbocycles. The lowest BCUT2D eigenvalue weighted by atomic mass is 10.0. The summed E-state index contributed by atoms with van der Waals surface area (Å²) in [5, 5.41) is 0. The van der Waals surface area contributed by atoms with Crippen molar-refractivity contribution in [3.05, 3.63) is 53.1 Å². The molecule has 2 rings (SSSR count). The summed E-state index contributed by atoms with van der Waals surface area (Å²) in [7, 11) is 3.55. The summed E-state index contributed by atoms with van der Waals surface area (Å²) in [5.74, 6) is 1.09. The van der Waals surface area contributed by atoms with Crippen LogP contribution in [0.2, 0.25) is 0 Å². The number of rotatable bonds is 8. The van der Waals surface area contributed by atoms with Gasteiger partial charge in [0.25, 0.3) is 0 Å². The van der Waals surface area contributed by atoms with E-state index < -0.39 is 0 Å². The third-order valence-corrected chi connectivity index (χ3v) is 4.16. The molecule has 138 valence electrons. The molecular weight excluding hydrogens is 328 g/mol. The Morgan fingerprint density at radius 1 is 1.15 bits per heavy atom. The van der Waals surface area contributed by atoms with Gasteiger partial charge in [0.05, 0.1) is 19.1 Å². The molecule has 0 N–H and O–H groups in total. The molecule has 0 heterocycles. The predicted octanol–water partition coefficient (Wildman–Crippen LogP) is 4.19. The second-order valence-corrected chi connectivity index (χ2v) is 6.13. The van der Waals surface area contributed by atoms with Gasteiger partial charge in [0.1, 0.15) is 0 Å². The number of nitrogens with zero attached hydrogens (tertiary/aromatic N) is 2. The van der Waals surface area contributed by atoms with Gasteiger partial charge in [0.2, 0.25) is 0 Å². The topological polar surface area (TPSA) is 51.1 Å². The molecule has 0 aliphatic heterocycles. The van der Waals surface area contributed by atoms with Gasteiger partial charge in [-0.2, -0.15) is 0 Å². The second kappa shape index (κ2) is 9.04. The average molecular weight is 354 g/mol. The number of hydrogen-bond acceptors (Lipinski definition) is 4. The van der Waals surface area contributed by atoms with E-state index in [9.17, 15) is 4.79 Å². The summed E-state index contributed by atoms with van der Waals surface area (Å²) in [6.45, 7) is 6.78. The Morgan fingerprint density at radius 2 is 1.85 bits per heavy atom. The van der Waals surface area contributed by atoms with Crippen molar-refractivity contribution in [1.29, 1.82) is 0 Å². The summed E-state index contributed by atoms with van der Waals surface area (Å²) in [6.07, 6.45) is 1.80. The molecule has 26 heavy (non-hydrogen) atoms. The predicted molar refractivity (Wildman–Crippen MR) is 105 cm³/mol. The average Bonchev–Trinajstić information content (AvgIpc) is 2.66. The lowest BCUT2D eigenvalue weighted by Crippen LogP contribution is -2.14. The fraction of sp³-hybridized carbons (Fsp3) is 0.333. The number of benzene rings is 2. The SMILES string of the molecule is CCN(C)/C=N/c1cc(C)c(C(=O)COc2ccccc2OC)cc1C. The van der Waals surface area contributed by atoms with Crippen molar-refractivity contribution in [2.45, 2.75) is 20.8 Å². The van der Waals surface area contributed by atoms with Gasteiger partial charge in [-0.25, -0.2) is 4.99 Å². The molecule has 0 saturated carbocycles. The highest BCUT2D eigenvalue weighted by Crippen LogP contribution is 2.27. The van der Waals surface area contributed by atoms with Crippen LogP contribution in [-0.4, -0.2) is 44.3 Å². The minimum atomic E-state index is -0.0716. The number of hydrogen-bond donors (Lipinski definition) is 0. The lowest BCUT2D eigenvalue weighted by molar-refractivity contribution is 0.0919. The lowest BCUT2D eigenvalue weighted by Gasteiger charge is -2.13. The van der Waals surface area contributed by atoms with Crippen LogP contribution in [0.5, 0.6) is 11.5 Å². The van der Waals surface area contributed by atoms with Gasteiger partial charge in [0, 0.05) is 19.2 Å². The van der Waals surface area contributed by atoms with Crippen LogP contribution in [0.1, 0.15) is 28.4 Å². The summed E-state index contributed by atoms with van der Waals surface area (Å²) in [6, 6.07) is 11.1. The number of aryl methyl sites for hydroxylation is 2. The molecule has 2 aromatic rings. The van der Waals surface area contributed by atoms with E-state index in [0.717, 1.165) is 23.4 Å². The zero-order chi connectivity index (χ0) is 19.1. The number of carbonyl (C=O) groups excluding carboxylic acids is 1. The molecule has 0 amide bonds. The van der Waals surface area contributed by atoms with Gasteiger partial charge in [-0.05, 0) is 56.2 Å². The Kier molecular flexibility index (Phi) is 6.78. The third-order valence-electron chi connectivity index (χ3n) is 4.16. The van der Waals surface area contributed by atoms with Crippen molar-refractivity contribution in [1.82, 2.24) is 4.90 Å². The van der Waals surface area contributed by atoms with Crippen LogP contribution in [0.3, 0.4) is 0 Å². The number of methoxy groups -OCH3 is 1. The molecular formula is C21H26N2O3. The Balaban J connectivity index is 2.14. The molecule has 0 bridgehead atoms. The number of aliphatic imine (C=N–C) groups is 1. The fourth-order valence-corrected chi connectivity index (χ4v) is 2.44. The molecule has 0 unspecified atom stereocenters. The summed E-state index contributed by atoms with van der Waals surface area (Å²) in [4.78, 5) is 19.1. The Morgan fingerprint density at radius 3 is 2.50 bits per heavy atom. The van der Waals surface area contributed by atoms with Gasteiger partial charge in [-0.15, -0.1) is 0 Å². The van der Waals surface area contributed by atoms with E-state index in [4.69, 9.17) is 9.47 Å². The van der Waals surface area contributed by atoms with Crippen molar-refractivity contribution in [3.63, 3.8) is 0 Å². The van der Waals surface area contributed by atoms with E-state index in [0.29, 0.717) is 17.1 Å². The van der Waals surface area contributed by atoms with Crippen LogP contribution in [-0.2, 0) is 0 Å². The second-order valence-electron chi connectivity index (χ2n) is 6.13. The Bertz CT molecular complexity index is 800. The summed E-state index contributed by atoms with van der Waals surface area (Å²) < 4.78 is 10.9. The smallest absolute Gasteiger partial charge is 0.200 e. The zero-order valence-electron chi connectivity index (χ0n) is 16.1. The first-order valence-corrected chi connectivity index (χ1v) is 8.61. The van der Waals surface area contributed by atoms with Crippen molar-refractivity contribution in [2.75, 3.05) is 27.3 Å². The maximum Gasteiger partial charge on any atom is 0.200 e. The van der Waals surface area contributed by atoms with Gasteiger partial charge in [-0.1, -0.05) is 12.1 Å². The van der Waals surface area contributed by atoms with Crippen molar-refractivity contribution >= 4 is 17.8 Å². The number of Topliss-reactive ketones (excluding diaryl/α,β-unsaturated/α-hetero) is 1. The minimum Gasteiger partial charge on any atom is -0.493 e. The Labute approximate surface area is 155 Å². The number of carbonyl (C=O) groups is 1. The fourth-order valence-electron chi connectivity index (χ4n) is 2.44. The van der Waals surface area contributed by atoms with Gasteiger partial charge >= 0.3 is 0 Å². The largest absolute Gasteiger partial charge is 0.493 e. The first kappa shape index (κ1) is 19.5. The molecule has 0 aromatic heterocycles. The van der Waals surface area contributed by atoms with E-state index in [1.807, 2.05) is 50.1 Å². The van der Waals surface area contributed by atoms with Crippen LogP contribution in [0.25, 0.3) is 0 Å². The molecule has 0 radical (unpaired) electrons. The van der Waals surface area contributed by atoms with Crippen LogP contribution in [0, 0.1) is 13.8 Å². The van der Waals surface area contributed by atoms with E-state index in [-0.39, 0.29) is 12.4 Å². The highest BCUT2D eigenvalue weighted by molar-refractivity contribution is 5.99. The monoisotopic (exact) mass is 354 g/mol. The molecule has 0 aliphatic carbocycles. The third kappa shape index (κ3) is 4.85. The van der Waals surface area contributed by atoms with E-state index in [1.54, 1.807) is 25.6 Å². The maximum absolute atomic E-state index is 12.6. The first-order valence-electron chi connectivity index (χ1n) is 8.61. The molecule has 5 nitrogen and oxygen atoms in total. The molecule has 5 heteroatoms. The van der Waals surface area contributed by atoms with Gasteiger partial charge < -0.3 is 14.4 Å². The van der Waals surface area contributed by atoms with Crippen LogP contribution in [0.4, 0.5) is 5.69 Å². The molecule has 0 spiro atoms. The van der Waals surface area contributed by atoms with Gasteiger partial charge in [0.15, 0.2) is 23.9 Å². The quantitative estimate of drug-likeness (QED) is 0.405. The van der Waals surface area contributed by atoms with Crippen LogP contribution >= 0.6 is 0 Å². The van der Waals surface area contributed by atoms with Crippen molar-refractivity contribution < 1.29 is 14.3 Å². The molecule has 0 saturated heterocycles. The van der Waals surface area contributed by atoms with E-state index in [2.05, 4.69) is 11.9 Å². The number of ketones is 1. The first-order chi connectivity index (χ1) is 12.5. The highest BCUT2D eigenvalue weighted by atomic mass is 16.5. The normalized spacial score (nSPS) is 10.8. The number of para-hydroxylation sites is 2. The maximum atomic E-state index is 12.6. The summed E-state index contributed by atoms with van der Waals surface area (Å²) in [5.41, 5.74) is 3.36. The highest BCUT2D eigenvalue weighted by Gasteiger charge is 2.13. The standard InChI is InChI=1S/C21H26N2O3/c1-6-23(4)14-22-18-12-15(2)17(11-16(18)3)19(24)13-26-21-10-8-7-9-20(21)25-5/h7-12,14H,6,13H2,1-5H3/b22-14+. The molecule has 0 fully saturated rings. The van der Waals surface area contributed by atoms with Crippen LogP contribution in [0.15, 0.2) is 41.4 Å². The van der Waals surface area contributed by atoms with Crippen LogP contribution < -0.4 is 9.47 Å². The molecule has 0 atom stereocenters. The van der Waals surface area contributed by atoms with Crippen molar-refractivity contribution in [3.8, 4) is 11.5 Å². The summed E-state index contributed by atoms with van der Waals surface area (Å²) >= 11 is 0. The molecule has 0 aliphatic rings. The van der Waals surface area contributed by atoms with Crippen molar-refractivity contribution in [2.24, 2.45) is 4.99 Å². The minimum absolute atomic E-state index is 0.0398. The van der Waals surface area contributed by atoms with Gasteiger partial charge in [-0.3, -0.25) is 4.79 Å². The zero-order valence-corrected chi connectivity index (χ0v) is 16.1. The Hall–Kier alpha value is -2.82. The van der Waals surface area contributed by atoms with E-state index in [1.165, 1.54) is 0 Å². The van der Waals surface area contributed by atoms with E-state index >= 15 is 0 Å². The number of ether oxygens (including phenoxy) is 2.